The second-order valence-electron chi connectivity index (χ2n) is 5.46. The van der Waals surface area contributed by atoms with Gasteiger partial charge in [-0.3, -0.25) is 9.59 Å². The van der Waals surface area contributed by atoms with Crippen LogP contribution in [0.1, 0.15) is 12.8 Å². The first-order chi connectivity index (χ1) is 10.0. The average molecular weight is 293 g/mol. The number of carbonyl (C=O) groups excluding carboxylic acids is 1. The molecule has 2 aromatic heterocycles. The molecule has 0 aromatic carbocycles. The first-order valence-electron chi connectivity index (χ1n) is 6.82. The van der Waals surface area contributed by atoms with Crippen molar-refractivity contribution in [2.75, 3.05) is 13.6 Å². The Balaban J connectivity index is 1.68. The first-order valence-corrected chi connectivity index (χ1v) is 6.82. The summed E-state index contributed by atoms with van der Waals surface area (Å²) >= 11 is 0. The van der Waals surface area contributed by atoms with E-state index in [9.17, 15) is 14.0 Å². The van der Waals surface area contributed by atoms with Gasteiger partial charge in [0.2, 0.25) is 5.91 Å². The zero-order valence-corrected chi connectivity index (χ0v) is 11.6. The number of hydrogen-bond donors (Lipinski definition) is 0. The van der Waals surface area contributed by atoms with Crippen molar-refractivity contribution in [2.24, 2.45) is 5.92 Å². The van der Waals surface area contributed by atoms with E-state index in [1.165, 1.54) is 21.9 Å². The minimum Gasteiger partial charge on any atom is -0.344 e. The highest BCUT2D eigenvalue weighted by atomic mass is 19.1. The van der Waals surface area contributed by atoms with Gasteiger partial charge in [0.1, 0.15) is 24.6 Å². The molecule has 0 N–H and O–H groups in total. The molecule has 1 fully saturated rings. The number of likely N-dealkylation sites (N-methyl/N-ethyl adjacent to an activating group) is 1. The zero-order valence-electron chi connectivity index (χ0n) is 11.6. The molecular formula is C13H16FN5O2. The van der Waals surface area contributed by atoms with Crippen LogP contribution in [0, 0.1) is 5.92 Å². The van der Waals surface area contributed by atoms with Crippen molar-refractivity contribution in [2.45, 2.75) is 25.6 Å². The van der Waals surface area contributed by atoms with Crippen LogP contribution in [0.5, 0.6) is 0 Å². The zero-order chi connectivity index (χ0) is 15.0. The van der Waals surface area contributed by atoms with Crippen LogP contribution in [0.3, 0.4) is 0 Å². The van der Waals surface area contributed by atoms with Gasteiger partial charge in [-0.1, -0.05) is 0 Å². The number of fused-ring (bicyclic) bond motifs is 1. The highest BCUT2D eigenvalue weighted by molar-refractivity contribution is 5.75. The van der Waals surface area contributed by atoms with Crippen LogP contribution in [0.25, 0.3) is 5.52 Å². The lowest BCUT2D eigenvalue weighted by atomic mass is 9.83. The van der Waals surface area contributed by atoms with Gasteiger partial charge in [-0.05, 0) is 24.8 Å². The number of nitrogens with zero attached hydrogens (tertiary/aromatic N) is 5. The molecule has 8 heteroatoms. The normalized spacial score (nSPS) is 21.2. The second-order valence-corrected chi connectivity index (χ2v) is 5.46. The Hall–Kier alpha value is -2.25. The average Bonchev–Trinajstić information content (AvgIpc) is 2.89. The smallest absolute Gasteiger partial charge is 0.293 e. The molecular weight excluding hydrogens is 277 g/mol. The Morgan fingerprint density at radius 1 is 1.48 bits per heavy atom. The number of amides is 1. The fourth-order valence-electron chi connectivity index (χ4n) is 2.53. The summed E-state index contributed by atoms with van der Waals surface area (Å²) < 4.78 is 15.3. The number of halogens is 1. The van der Waals surface area contributed by atoms with E-state index in [1.807, 2.05) is 0 Å². The molecule has 0 radical (unpaired) electrons. The van der Waals surface area contributed by atoms with E-state index in [2.05, 4.69) is 10.2 Å². The summed E-state index contributed by atoms with van der Waals surface area (Å²) in [5.74, 6) is 0.00622. The predicted molar refractivity (Wildman–Crippen MR) is 72.5 cm³/mol. The molecule has 0 unspecified atom stereocenters. The molecule has 1 amide bonds. The first kappa shape index (κ1) is 13.7. The molecule has 0 bridgehead atoms. The molecule has 1 aliphatic rings. The Morgan fingerprint density at radius 3 is 2.95 bits per heavy atom. The van der Waals surface area contributed by atoms with Gasteiger partial charge in [-0.2, -0.15) is 10.2 Å². The summed E-state index contributed by atoms with van der Waals surface area (Å²) in [5, 5.41) is 7.83. The van der Waals surface area contributed by atoms with Crippen molar-refractivity contribution in [1.29, 1.82) is 0 Å². The number of carbonyl (C=O) groups is 1. The van der Waals surface area contributed by atoms with Gasteiger partial charge in [-0.25, -0.2) is 13.6 Å². The van der Waals surface area contributed by atoms with Gasteiger partial charge in [0.05, 0.1) is 6.20 Å². The molecule has 0 spiro atoms. The van der Waals surface area contributed by atoms with Gasteiger partial charge in [0.15, 0.2) is 0 Å². The van der Waals surface area contributed by atoms with E-state index in [1.54, 1.807) is 13.1 Å². The van der Waals surface area contributed by atoms with Crippen LogP contribution in [0.2, 0.25) is 0 Å². The molecule has 1 aliphatic carbocycles. The summed E-state index contributed by atoms with van der Waals surface area (Å²) in [6, 6.07) is 1.57. The molecule has 3 rings (SSSR count). The third-order valence-corrected chi connectivity index (χ3v) is 3.85. The van der Waals surface area contributed by atoms with Crippen molar-refractivity contribution in [1.82, 2.24) is 24.3 Å². The quantitative estimate of drug-likeness (QED) is 0.801. The van der Waals surface area contributed by atoms with E-state index >= 15 is 0 Å². The lowest BCUT2D eigenvalue weighted by molar-refractivity contribution is -0.132. The molecule has 112 valence electrons. The molecule has 2 heterocycles. The molecule has 21 heavy (non-hydrogen) atoms. The number of aromatic nitrogens is 4. The number of rotatable bonds is 4. The van der Waals surface area contributed by atoms with E-state index in [-0.39, 0.29) is 23.9 Å². The van der Waals surface area contributed by atoms with Crippen LogP contribution >= 0.6 is 0 Å². The molecule has 0 aliphatic heterocycles. The summed E-state index contributed by atoms with van der Waals surface area (Å²) in [5.41, 5.74) is 0.0175. The van der Waals surface area contributed by atoms with Crippen LogP contribution in [-0.4, -0.2) is 50.0 Å². The van der Waals surface area contributed by atoms with Crippen LogP contribution in [0.4, 0.5) is 4.39 Å². The molecule has 1 saturated carbocycles. The van der Waals surface area contributed by atoms with Gasteiger partial charge in [0.25, 0.3) is 5.56 Å². The van der Waals surface area contributed by atoms with E-state index in [0.29, 0.717) is 24.9 Å². The van der Waals surface area contributed by atoms with Crippen LogP contribution in [-0.2, 0) is 11.3 Å². The fourth-order valence-corrected chi connectivity index (χ4v) is 2.53. The van der Waals surface area contributed by atoms with Crippen molar-refractivity contribution >= 4 is 11.4 Å². The lowest BCUT2D eigenvalue weighted by Gasteiger charge is -2.33. The molecule has 7 nitrogen and oxygen atoms in total. The number of alkyl halides is 1. The lowest BCUT2D eigenvalue weighted by Crippen LogP contribution is -2.41. The topological polar surface area (TPSA) is 72.5 Å². The van der Waals surface area contributed by atoms with Gasteiger partial charge in [0, 0.05) is 13.6 Å². The second kappa shape index (κ2) is 5.27. The minimum atomic E-state index is -0.730. The summed E-state index contributed by atoms with van der Waals surface area (Å²) in [4.78, 5) is 25.7. The highest BCUT2D eigenvalue weighted by Gasteiger charge is 2.30. The molecule has 2 aromatic rings. The summed E-state index contributed by atoms with van der Waals surface area (Å²) in [6.07, 6.45) is 3.19. The van der Waals surface area contributed by atoms with Gasteiger partial charge >= 0.3 is 0 Å². The third-order valence-electron chi connectivity index (χ3n) is 3.85. The maximum absolute atomic E-state index is 12.8. The minimum absolute atomic E-state index is 0.122. The molecule has 0 atom stereocenters. The Labute approximate surface area is 120 Å². The Morgan fingerprint density at radius 2 is 2.24 bits per heavy atom. The SMILES string of the molecule is CN(CC1CC(F)C1)C(=O)Cn1ncn2nccc2c1=O. The van der Waals surface area contributed by atoms with Crippen molar-refractivity contribution < 1.29 is 9.18 Å². The van der Waals surface area contributed by atoms with Crippen molar-refractivity contribution in [3.05, 3.63) is 28.9 Å². The van der Waals surface area contributed by atoms with E-state index in [0.717, 1.165) is 4.68 Å². The van der Waals surface area contributed by atoms with Gasteiger partial charge < -0.3 is 4.90 Å². The van der Waals surface area contributed by atoms with Crippen LogP contribution in [0.15, 0.2) is 23.4 Å². The molecule has 0 saturated heterocycles. The van der Waals surface area contributed by atoms with Crippen LogP contribution < -0.4 is 5.56 Å². The van der Waals surface area contributed by atoms with Crippen molar-refractivity contribution in [3.63, 3.8) is 0 Å². The Bertz CT molecular complexity index is 719. The van der Waals surface area contributed by atoms with E-state index in [4.69, 9.17) is 0 Å². The van der Waals surface area contributed by atoms with Gasteiger partial charge in [-0.15, -0.1) is 0 Å². The Kier molecular flexibility index (Phi) is 3.44. The fraction of sp³-hybridized carbons (Fsp3) is 0.538. The third kappa shape index (κ3) is 2.65. The standard InChI is InChI=1S/C13H16FN5O2/c1-17(6-9-4-10(14)5-9)12(20)7-18-13(21)11-2-3-15-19(11)8-16-18/h2-3,8-10H,4-7H2,1H3. The number of hydrogen-bond acceptors (Lipinski definition) is 4. The maximum atomic E-state index is 12.8. The predicted octanol–water partition coefficient (Wildman–Crippen LogP) is 0.0975. The summed E-state index contributed by atoms with van der Waals surface area (Å²) in [7, 11) is 1.66. The van der Waals surface area contributed by atoms with Crippen molar-refractivity contribution in [3.8, 4) is 0 Å². The largest absolute Gasteiger partial charge is 0.344 e. The maximum Gasteiger partial charge on any atom is 0.293 e. The monoisotopic (exact) mass is 293 g/mol. The summed E-state index contributed by atoms with van der Waals surface area (Å²) in [6.45, 7) is 0.395. The highest BCUT2D eigenvalue weighted by Crippen LogP contribution is 2.30. The van der Waals surface area contributed by atoms with E-state index < -0.39 is 6.17 Å².